The van der Waals surface area contributed by atoms with Crippen LogP contribution in [0.1, 0.15) is 31.7 Å². The molecule has 1 aromatic carbocycles. The summed E-state index contributed by atoms with van der Waals surface area (Å²) in [5.74, 6) is 1.05. The molecule has 0 saturated carbocycles. The lowest BCUT2D eigenvalue weighted by Gasteiger charge is -2.48. The second-order valence-electron chi connectivity index (χ2n) is 6.44. The Balaban J connectivity index is 2.03. The molecule has 0 amide bonds. The van der Waals surface area contributed by atoms with Crippen molar-refractivity contribution in [3.05, 3.63) is 29.8 Å². The molecular formula is C15H21NO2S. The van der Waals surface area contributed by atoms with Gasteiger partial charge in [-0.1, -0.05) is 32.0 Å². The summed E-state index contributed by atoms with van der Waals surface area (Å²) < 4.78 is 24.6. The van der Waals surface area contributed by atoms with Gasteiger partial charge in [0, 0.05) is 24.4 Å². The third-order valence-corrected chi connectivity index (χ3v) is 6.34. The maximum Gasteiger partial charge on any atom is 0.179 e. The van der Waals surface area contributed by atoms with Crippen LogP contribution < -0.4 is 5.32 Å². The lowest BCUT2D eigenvalue weighted by molar-refractivity contribution is 0.102. The highest BCUT2D eigenvalue weighted by Crippen LogP contribution is 2.50. The molecule has 2 aliphatic heterocycles. The van der Waals surface area contributed by atoms with Crippen LogP contribution in [0.15, 0.2) is 29.2 Å². The average molecular weight is 279 g/mol. The number of hydrogen-bond donors (Lipinski definition) is 1. The summed E-state index contributed by atoms with van der Waals surface area (Å²) in [5.41, 5.74) is 1.18. The van der Waals surface area contributed by atoms with E-state index in [-0.39, 0.29) is 11.3 Å². The predicted molar refractivity (Wildman–Crippen MR) is 76.0 cm³/mol. The first-order valence-electron chi connectivity index (χ1n) is 6.97. The summed E-state index contributed by atoms with van der Waals surface area (Å²) in [6, 6.07) is 7.56. The molecular weight excluding hydrogens is 258 g/mol. The van der Waals surface area contributed by atoms with Crippen LogP contribution in [0.2, 0.25) is 0 Å². The molecule has 1 aromatic rings. The predicted octanol–water partition coefficient (Wildman–Crippen LogP) is 2.19. The molecule has 3 rings (SSSR count). The molecule has 3 nitrogen and oxygen atoms in total. The Kier molecular flexibility index (Phi) is 2.98. The average Bonchev–Trinajstić information content (AvgIpc) is 2.57. The van der Waals surface area contributed by atoms with E-state index in [2.05, 4.69) is 19.2 Å². The Labute approximate surface area is 115 Å². The minimum Gasteiger partial charge on any atom is -0.315 e. The van der Waals surface area contributed by atoms with Crippen molar-refractivity contribution >= 4 is 9.84 Å². The zero-order valence-corrected chi connectivity index (χ0v) is 12.3. The maximum absolute atomic E-state index is 12.3. The van der Waals surface area contributed by atoms with Crippen molar-refractivity contribution in [2.24, 2.45) is 11.3 Å². The summed E-state index contributed by atoms with van der Waals surface area (Å²) in [7, 11) is -3.08. The number of nitrogens with one attached hydrogen (secondary N) is 1. The molecule has 4 heteroatoms. The molecule has 1 N–H and O–H groups in total. The quantitative estimate of drug-likeness (QED) is 0.922. The normalized spacial score (nSPS) is 27.0. The van der Waals surface area contributed by atoms with E-state index in [0.717, 1.165) is 25.1 Å². The monoisotopic (exact) mass is 279 g/mol. The number of fused-ring (bicyclic) bond motifs is 1. The second-order valence-corrected chi connectivity index (χ2v) is 8.44. The van der Waals surface area contributed by atoms with E-state index in [4.69, 9.17) is 0 Å². The van der Waals surface area contributed by atoms with Crippen LogP contribution in [-0.4, -0.2) is 27.3 Å². The fourth-order valence-electron chi connectivity index (χ4n) is 3.75. The Bertz CT molecular complexity index is 588. The van der Waals surface area contributed by atoms with Crippen molar-refractivity contribution in [1.82, 2.24) is 5.32 Å². The highest BCUT2D eigenvalue weighted by atomic mass is 32.2. The zero-order valence-electron chi connectivity index (χ0n) is 11.5. The molecule has 1 saturated heterocycles. The lowest BCUT2D eigenvalue weighted by atomic mass is 9.64. The van der Waals surface area contributed by atoms with Gasteiger partial charge in [-0.25, -0.2) is 8.42 Å². The molecule has 1 unspecified atom stereocenters. The van der Waals surface area contributed by atoms with E-state index in [0.29, 0.717) is 16.6 Å². The van der Waals surface area contributed by atoms with Crippen molar-refractivity contribution < 1.29 is 8.42 Å². The van der Waals surface area contributed by atoms with Crippen LogP contribution in [0, 0.1) is 11.3 Å². The third kappa shape index (κ3) is 2.01. The van der Waals surface area contributed by atoms with Crippen LogP contribution in [-0.2, 0) is 9.84 Å². The lowest BCUT2D eigenvalue weighted by Crippen LogP contribution is -2.57. The number of rotatable bonds is 3. The standard InChI is InChI=1S/C15H21NO2S/c1-11(2)7-15(9-16-10-15)13-8-19(17,18)14-6-4-3-5-12(13)14/h3-6,11,13,16H,7-10H2,1-2H3. The summed E-state index contributed by atoms with van der Waals surface area (Å²) in [4.78, 5) is 0.565. The molecule has 1 atom stereocenters. The highest BCUT2D eigenvalue weighted by molar-refractivity contribution is 7.91. The van der Waals surface area contributed by atoms with Crippen molar-refractivity contribution in [1.29, 1.82) is 0 Å². The van der Waals surface area contributed by atoms with Crippen LogP contribution in [0.5, 0.6) is 0 Å². The van der Waals surface area contributed by atoms with E-state index in [1.165, 1.54) is 0 Å². The third-order valence-electron chi connectivity index (χ3n) is 4.52. The fourth-order valence-corrected chi connectivity index (χ4v) is 5.76. The Morgan fingerprint density at radius 2 is 2.00 bits per heavy atom. The van der Waals surface area contributed by atoms with Crippen LogP contribution in [0.3, 0.4) is 0 Å². The van der Waals surface area contributed by atoms with Gasteiger partial charge in [-0.05, 0) is 24.0 Å². The van der Waals surface area contributed by atoms with E-state index < -0.39 is 9.84 Å². The Hall–Kier alpha value is -0.870. The number of benzene rings is 1. The van der Waals surface area contributed by atoms with Crippen molar-refractivity contribution in [2.45, 2.75) is 31.1 Å². The van der Waals surface area contributed by atoms with Crippen LogP contribution in [0.4, 0.5) is 0 Å². The van der Waals surface area contributed by atoms with Crippen LogP contribution in [0.25, 0.3) is 0 Å². The van der Waals surface area contributed by atoms with E-state index in [9.17, 15) is 8.42 Å². The molecule has 0 radical (unpaired) electrons. The first-order valence-corrected chi connectivity index (χ1v) is 8.62. The summed E-state index contributed by atoms with van der Waals surface area (Å²) >= 11 is 0. The minimum absolute atomic E-state index is 0.133. The molecule has 0 aromatic heterocycles. The summed E-state index contributed by atoms with van der Waals surface area (Å²) in [6.45, 7) is 6.32. The van der Waals surface area contributed by atoms with E-state index in [1.54, 1.807) is 6.07 Å². The SMILES string of the molecule is CC(C)CC1(C2CS(=O)(=O)c3ccccc32)CNC1. The van der Waals surface area contributed by atoms with Gasteiger partial charge in [-0.2, -0.15) is 0 Å². The van der Waals surface area contributed by atoms with E-state index >= 15 is 0 Å². The minimum atomic E-state index is -3.08. The largest absolute Gasteiger partial charge is 0.315 e. The Morgan fingerprint density at radius 3 is 2.58 bits per heavy atom. The summed E-state index contributed by atoms with van der Waals surface area (Å²) in [5, 5.41) is 3.35. The van der Waals surface area contributed by atoms with Crippen molar-refractivity contribution in [3.63, 3.8) is 0 Å². The first-order chi connectivity index (χ1) is 8.95. The van der Waals surface area contributed by atoms with Gasteiger partial charge in [0.05, 0.1) is 10.6 Å². The molecule has 1 fully saturated rings. The second kappa shape index (κ2) is 4.32. The van der Waals surface area contributed by atoms with E-state index in [1.807, 2.05) is 18.2 Å². The van der Waals surface area contributed by atoms with Gasteiger partial charge in [-0.3, -0.25) is 0 Å². The van der Waals surface area contributed by atoms with Crippen molar-refractivity contribution in [2.75, 3.05) is 18.8 Å². The smallest absolute Gasteiger partial charge is 0.179 e. The van der Waals surface area contributed by atoms with Gasteiger partial charge in [-0.15, -0.1) is 0 Å². The topological polar surface area (TPSA) is 46.2 Å². The van der Waals surface area contributed by atoms with Gasteiger partial charge in [0.15, 0.2) is 9.84 Å². The van der Waals surface area contributed by atoms with Gasteiger partial charge >= 0.3 is 0 Å². The molecule has 0 aliphatic carbocycles. The molecule has 104 valence electrons. The summed E-state index contributed by atoms with van der Waals surface area (Å²) in [6.07, 6.45) is 1.09. The van der Waals surface area contributed by atoms with Gasteiger partial charge in [0.1, 0.15) is 0 Å². The Morgan fingerprint density at radius 1 is 1.32 bits per heavy atom. The number of sulfone groups is 1. The van der Waals surface area contributed by atoms with Gasteiger partial charge in [0.25, 0.3) is 0 Å². The molecule has 2 heterocycles. The first kappa shape index (κ1) is 13.1. The van der Waals surface area contributed by atoms with Crippen LogP contribution >= 0.6 is 0 Å². The zero-order chi connectivity index (χ0) is 13.7. The molecule has 2 aliphatic rings. The fraction of sp³-hybridized carbons (Fsp3) is 0.600. The number of hydrogen-bond acceptors (Lipinski definition) is 3. The van der Waals surface area contributed by atoms with Crippen molar-refractivity contribution in [3.8, 4) is 0 Å². The molecule has 19 heavy (non-hydrogen) atoms. The highest BCUT2D eigenvalue weighted by Gasteiger charge is 2.50. The molecule has 0 spiro atoms. The van der Waals surface area contributed by atoms with Gasteiger partial charge < -0.3 is 5.32 Å². The van der Waals surface area contributed by atoms with Gasteiger partial charge in [0.2, 0.25) is 0 Å². The molecule has 0 bridgehead atoms. The maximum atomic E-state index is 12.3.